The van der Waals surface area contributed by atoms with E-state index in [2.05, 4.69) is 20.5 Å². The molecule has 2 aromatic rings. The molecule has 7 heteroatoms. The van der Waals surface area contributed by atoms with E-state index in [0.717, 1.165) is 11.3 Å². The third-order valence-corrected chi connectivity index (χ3v) is 2.57. The predicted octanol–water partition coefficient (Wildman–Crippen LogP) is 0.741. The summed E-state index contributed by atoms with van der Waals surface area (Å²) in [5.41, 5.74) is 1.64. The molecule has 2 aromatic heterocycles. The summed E-state index contributed by atoms with van der Waals surface area (Å²) >= 11 is 0. The lowest BCUT2D eigenvalue weighted by atomic mass is 10.2. The third-order valence-electron chi connectivity index (χ3n) is 2.57. The van der Waals surface area contributed by atoms with E-state index < -0.39 is 11.9 Å². The van der Waals surface area contributed by atoms with Crippen LogP contribution in [0.25, 0.3) is 0 Å². The number of aryl methyl sites for hydroxylation is 1. The molecular formula is C12H12N4O3. The van der Waals surface area contributed by atoms with Gasteiger partial charge in [-0.3, -0.25) is 9.89 Å². The van der Waals surface area contributed by atoms with Crippen molar-refractivity contribution in [2.45, 2.75) is 13.5 Å². The number of amides is 1. The molecule has 0 spiro atoms. The van der Waals surface area contributed by atoms with E-state index in [0.29, 0.717) is 6.54 Å². The number of carbonyl (C=O) groups is 2. The van der Waals surface area contributed by atoms with Gasteiger partial charge in [0.05, 0.1) is 6.20 Å². The van der Waals surface area contributed by atoms with Crippen LogP contribution in [0.3, 0.4) is 0 Å². The van der Waals surface area contributed by atoms with Crippen LogP contribution in [0.15, 0.2) is 24.4 Å². The summed E-state index contributed by atoms with van der Waals surface area (Å²) in [6.07, 6.45) is 1.62. The first-order valence-corrected chi connectivity index (χ1v) is 5.55. The van der Waals surface area contributed by atoms with Crippen molar-refractivity contribution in [3.8, 4) is 0 Å². The van der Waals surface area contributed by atoms with Gasteiger partial charge in [-0.2, -0.15) is 5.10 Å². The molecule has 0 unspecified atom stereocenters. The largest absolute Gasteiger partial charge is 0.477 e. The van der Waals surface area contributed by atoms with Gasteiger partial charge in [0.2, 0.25) is 0 Å². The Bertz CT molecular complexity index is 621. The average molecular weight is 260 g/mol. The number of aromatic amines is 1. The van der Waals surface area contributed by atoms with Crippen LogP contribution in [0.1, 0.15) is 32.2 Å². The maximum absolute atomic E-state index is 11.8. The van der Waals surface area contributed by atoms with E-state index in [1.807, 2.05) is 6.92 Å². The van der Waals surface area contributed by atoms with Crippen LogP contribution in [0.2, 0.25) is 0 Å². The molecule has 1 amide bonds. The summed E-state index contributed by atoms with van der Waals surface area (Å²) < 4.78 is 0. The zero-order chi connectivity index (χ0) is 13.8. The normalized spacial score (nSPS) is 10.2. The van der Waals surface area contributed by atoms with E-state index >= 15 is 0 Å². The second-order valence-corrected chi connectivity index (χ2v) is 3.92. The highest BCUT2D eigenvalue weighted by atomic mass is 16.4. The molecule has 0 bridgehead atoms. The molecule has 0 saturated carbocycles. The number of carboxylic acid groups (broad SMARTS) is 1. The molecule has 0 saturated heterocycles. The van der Waals surface area contributed by atoms with Crippen LogP contribution < -0.4 is 5.32 Å². The van der Waals surface area contributed by atoms with Gasteiger partial charge < -0.3 is 10.4 Å². The van der Waals surface area contributed by atoms with Crippen LogP contribution in [0, 0.1) is 6.92 Å². The molecule has 19 heavy (non-hydrogen) atoms. The minimum atomic E-state index is -1.17. The van der Waals surface area contributed by atoms with E-state index in [4.69, 9.17) is 5.11 Å². The molecule has 98 valence electrons. The lowest BCUT2D eigenvalue weighted by molar-refractivity contribution is 0.0690. The SMILES string of the molecule is Cc1[nH]ncc1CNC(=O)c1cccc(C(=O)O)n1. The predicted molar refractivity (Wildman–Crippen MR) is 65.7 cm³/mol. The van der Waals surface area contributed by atoms with Crippen molar-refractivity contribution in [1.29, 1.82) is 0 Å². The van der Waals surface area contributed by atoms with Gasteiger partial charge in [0.1, 0.15) is 11.4 Å². The molecule has 0 atom stereocenters. The Morgan fingerprint density at radius 2 is 2.11 bits per heavy atom. The van der Waals surface area contributed by atoms with E-state index in [9.17, 15) is 9.59 Å². The van der Waals surface area contributed by atoms with Gasteiger partial charge in [-0.25, -0.2) is 9.78 Å². The van der Waals surface area contributed by atoms with E-state index in [-0.39, 0.29) is 11.4 Å². The van der Waals surface area contributed by atoms with Crippen LogP contribution in [0.5, 0.6) is 0 Å². The molecule has 0 aromatic carbocycles. The number of nitrogens with one attached hydrogen (secondary N) is 2. The first kappa shape index (κ1) is 12.7. The first-order valence-electron chi connectivity index (χ1n) is 5.55. The molecule has 0 aliphatic rings. The smallest absolute Gasteiger partial charge is 0.354 e. The van der Waals surface area contributed by atoms with Crippen LogP contribution in [-0.4, -0.2) is 32.2 Å². The lowest BCUT2D eigenvalue weighted by Crippen LogP contribution is -2.24. The summed E-state index contributed by atoms with van der Waals surface area (Å²) in [5, 5.41) is 18.1. The number of aromatic carboxylic acids is 1. The fraction of sp³-hybridized carbons (Fsp3) is 0.167. The monoisotopic (exact) mass is 260 g/mol. The highest BCUT2D eigenvalue weighted by Gasteiger charge is 2.11. The summed E-state index contributed by atoms with van der Waals surface area (Å²) in [5.74, 6) is -1.59. The maximum atomic E-state index is 11.8. The number of carboxylic acids is 1. The van der Waals surface area contributed by atoms with Gasteiger partial charge in [-0.05, 0) is 19.1 Å². The number of rotatable bonds is 4. The molecule has 2 rings (SSSR count). The molecule has 2 heterocycles. The van der Waals surface area contributed by atoms with Crippen molar-refractivity contribution >= 4 is 11.9 Å². The Balaban J connectivity index is 2.06. The van der Waals surface area contributed by atoms with Crippen LogP contribution >= 0.6 is 0 Å². The summed E-state index contributed by atoms with van der Waals surface area (Å²) in [7, 11) is 0. The number of hydrogen-bond acceptors (Lipinski definition) is 4. The fourth-order valence-electron chi connectivity index (χ4n) is 1.50. The summed E-state index contributed by atoms with van der Waals surface area (Å²) in [6.45, 7) is 2.15. The number of aromatic nitrogens is 3. The Morgan fingerprint density at radius 1 is 1.37 bits per heavy atom. The molecule has 0 fully saturated rings. The number of nitrogens with zero attached hydrogens (tertiary/aromatic N) is 2. The van der Waals surface area contributed by atoms with Crippen molar-refractivity contribution in [2.75, 3.05) is 0 Å². The number of H-pyrrole nitrogens is 1. The third kappa shape index (κ3) is 2.95. The number of pyridine rings is 1. The van der Waals surface area contributed by atoms with Crippen LogP contribution in [0.4, 0.5) is 0 Å². The Hall–Kier alpha value is -2.70. The highest BCUT2D eigenvalue weighted by Crippen LogP contribution is 2.03. The number of hydrogen-bond donors (Lipinski definition) is 3. The Kier molecular flexibility index (Phi) is 3.56. The van der Waals surface area contributed by atoms with E-state index in [1.54, 1.807) is 6.20 Å². The molecule has 7 nitrogen and oxygen atoms in total. The average Bonchev–Trinajstić information content (AvgIpc) is 2.81. The van der Waals surface area contributed by atoms with Crippen molar-refractivity contribution in [3.05, 3.63) is 47.0 Å². The quantitative estimate of drug-likeness (QED) is 0.751. The topological polar surface area (TPSA) is 108 Å². The zero-order valence-electron chi connectivity index (χ0n) is 10.2. The first-order chi connectivity index (χ1) is 9.08. The van der Waals surface area contributed by atoms with Gasteiger partial charge in [0.15, 0.2) is 0 Å². The molecule has 3 N–H and O–H groups in total. The van der Waals surface area contributed by atoms with Gasteiger partial charge in [0.25, 0.3) is 5.91 Å². The zero-order valence-corrected chi connectivity index (χ0v) is 10.2. The minimum absolute atomic E-state index is 0.0704. The summed E-state index contributed by atoms with van der Waals surface area (Å²) in [4.78, 5) is 26.3. The van der Waals surface area contributed by atoms with E-state index in [1.165, 1.54) is 18.2 Å². The Morgan fingerprint density at radius 3 is 2.74 bits per heavy atom. The van der Waals surface area contributed by atoms with Gasteiger partial charge in [-0.15, -0.1) is 0 Å². The van der Waals surface area contributed by atoms with Gasteiger partial charge in [-0.1, -0.05) is 6.07 Å². The van der Waals surface area contributed by atoms with Crippen molar-refractivity contribution < 1.29 is 14.7 Å². The molecule has 0 aliphatic carbocycles. The maximum Gasteiger partial charge on any atom is 0.354 e. The Labute approximate surface area is 108 Å². The van der Waals surface area contributed by atoms with Gasteiger partial charge in [0, 0.05) is 17.8 Å². The molecule has 0 radical (unpaired) electrons. The number of carbonyl (C=O) groups excluding carboxylic acids is 1. The standard InChI is InChI=1S/C12H12N4O3/c1-7-8(6-14-16-7)5-13-11(17)9-3-2-4-10(15-9)12(18)19/h2-4,6H,5H2,1H3,(H,13,17)(H,14,16)(H,18,19). The molecule has 0 aliphatic heterocycles. The van der Waals surface area contributed by atoms with Crippen molar-refractivity contribution in [1.82, 2.24) is 20.5 Å². The van der Waals surface area contributed by atoms with Crippen LogP contribution in [-0.2, 0) is 6.54 Å². The minimum Gasteiger partial charge on any atom is -0.477 e. The summed E-state index contributed by atoms with van der Waals surface area (Å²) in [6, 6.07) is 4.28. The second-order valence-electron chi connectivity index (χ2n) is 3.92. The lowest BCUT2D eigenvalue weighted by Gasteiger charge is -2.04. The van der Waals surface area contributed by atoms with Crippen molar-refractivity contribution in [2.24, 2.45) is 0 Å². The highest BCUT2D eigenvalue weighted by molar-refractivity contribution is 5.94. The van der Waals surface area contributed by atoms with Crippen molar-refractivity contribution in [3.63, 3.8) is 0 Å². The fourth-order valence-corrected chi connectivity index (χ4v) is 1.50. The molecular weight excluding hydrogens is 248 g/mol. The van der Waals surface area contributed by atoms with Gasteiger partial charge >= 0.3 is 5.97 Å². The second kappa shape index (κ2) is 5.30.